The number of aromatic amines is 1. The molecule has 21 heavy (non-hydrogen) atoms. The van der Waals surface area contributed by atoms with Crippen LogP contribution in [0.5, 0.6) is 5.75 Å². The van der Waals surface area contributed by atoms with Gasteiger partial charge >= 0.3 is 0 Å². The average molecular weight is 296 g/mol. The summed E-state index contributed by atoms with van der Waals surface area (Å²) in [4.78, 5) is 8.52. The summed E-state index contributed by atoms with van der Waals surface area (Å²) in [6, 6.07) is 12.9. The first-order valence-corrected chi connectivity index (χ1v) is 7.02. The van der Waals surface area contributed by atoms with Crippen molar-refractivity contribution >= 4 is 28.5 Å². The van der Waals surface area contributed by atoms with Crippen LogP contribution in [0.2, 0.25) is 0 Å². The molecule has 3 N–H and O–H groups in total. The smallest absolute Gasteiger partial charge is 0.171 e. The molecule has 1 aromatic heterocycles. The lowest BCUT2D eigenvalue weighted by Crippen LogP contribution is -1.89. The Labute approximate surface area is 125 Å². The van der Waals surface area contributed by atoms with Crippen LogP contribution in [-0.4, -0.2) is 17.1 Å². The number of hydrogen-bond acceptors (Lipinski definition) is 5. The number of anilines is 1. The van der Waals surface area contributed by atoms with Gasteiger partial charge in [-0.3, -0.25) is 0 Å². The minimum absolute atomic E-state index is 0.574. The van der Waals surface area contributed by atoms with E-state index in [1.807, 2.05) is 18.2 Å². The molecular formula is C15H12N4OS. The molecule has 0 radical (unpaired) electrons. The van der Waals surface area contributed by atoms with E-state index >= 15 is 0 Å². The van der Waals surface area contributed by atoms with E-state index in [1.165, 1.54) is 11.8 Å². The summed E-state index contributed by atoms with van der Waals surface area (Å²) >= 11 is 1.40. The van der Waals surface area contributed by atoms with Gasteiger partial charge in [0, 0.05) is 16.6 Å². The van der Waals surface area contributed by atoms with E-state index in [2.05, 4.69) is 16.0 Å². The third-order valence-electron chi connectivity index (χ3n) is 3.02. The highest BCUT2D eigenvalue weighted by Gasteiger charge is 2.08. The second kappa shape index (κ2) is 5.38. The SMILES string of the molecule is COc1ccc2nc(Sc3cc(C#N)ccc3N)[nH]c2c1. The number of nitrogens with one attached hydrogen (secondary N) is 1. The number of fused-ring (bicyclic) bond motifs is 1. The lowest BCUT2D eigenvalue weighted by molar-refractivity contribution is 0.415. The van der Waals surface area contributed by atoms with Gasteiger partial charge in [0.15, 0.2) is 5.16 Å². The van der Waals surface area contributed by atoms with Gasteiger partial charge < -0.3 is 15.5 Å². The number of nitrogen functional groups attached to an aromatic ring is 1. The van der Waals surface area contributed by atoms with Crippen LogP contribution in [0.15, 0.2) is 46.5 Å². The summed E-state index contributed by atoms with van der Waals surface area (Å²) in [7, 11) is 1.63. The Hall–Kier alpha value is -2.65. The molecule has 0 atom stereocenters. The van der Waals surface area contributed by atoms with Crippen LogP contribution in [-0.2, 0) is 0 Å². The zero-order valence-electron chi connectivity index (χ0n) is 11.3. The quantitative estimate of drug-likeness (QED) is 0.725. The van der Waals surface area contributed by atoms with Crippen molar-refractivity contribution in [2.75, 3.05) is 12.8 Å². The van der Waals surface area contributed by atoms with Gasteiger partial charge in [0.25, 0.3) is 0 Å². The number of aromatic nitrogens is 2. The number of nitrogens with two attached hydrogens (primary N) is 1. The lowest BCUT2D eigenvalue weighted by atomic mass is 10.2. The van der Waals surface area contributed by atoms with E-state index in [1.54, 1.807) is 25.3 Å². The van der Waals surface area contributed by atoms with Crippen LogP contribution >= 0.6 is 11.8 Å². The molecule has 0 unspecified atom stereocenters. The first-order chi connectivity index (χ1) is 10.2. The molecule has 0 saturated heterocycles. The van der Waals surface area contributed by atoms with Crippen molar-refractivity contribution in [3.05, 3.63) is 42.0 Å². The van der Waals surface area contributed by atoms with Crippen LogP contribution in [0, 0.1) is 11.3 Å². The van der Waals surface area contributed by atoms with Gasteiger partial charge in [-0.25, -0.2) is 4.98 Å². The van der Waals surface area contributed by atoms with Gasteiger partial charge in [0.2, 0.25) is 0 Å². The summed E-state index contributed by atoms with van der Waals surface area (Å²) < 4.78 is 5.19. The first-order valence-electron chi connectivity index (χ1n) is 6.21. The number of benzene rings is 2. The molecule has 0 saturated carbocycles. The Morgan fingerprint density at radius 3 is 2.90 bits per heavy atom. The third kappa shape index (κ3) is 2.64. The maximum absolute atomic E-state index is 8.95. The largest absolute Gasteiger partial charge is 0.497 e. The molecular weight excluding hydrogens is 284 g/mol. The molecule has 0 amide bonds. The highest BCUT2D eigenvalue weighted by Crippen LogP contribution is 2.32. The second-order valence-electron chi connectivity index (χ2n) is 4.39. The number of rotatable bonds is 3. The van der Waals surface area contributed by atoms with Crippen molar-refractivity contribution in [2.24, 2.45) is 0 Å². The summed E-state index contributed by atoms with van der Waals surface area (Å²) in [5.74, 6) is 0.772. The Kier molecular flexibility index (Phi) is 3.42. The fourth-order valence-corrected chi connectivity index (χ4v) is 2.82. The summed E-state index contributed by atoms with van der Waals surface area (Å²) in [5.41, 5.74) is 8.89. The van der Waals surface area contributed by atoms with Crippen molar-refractivity contribution in [3.63, 3.8) is 0 Å². The van der Waals surface area contributed by atoms with Crippen LogP contribution < -0.4 is 10.5 Å². The van der Waals surface area contributed by atoms with E-state index in [0.717, 1.165) is 26.8 Å². The van der Waals surface area contributed by atoms with Gasteiger partial charge in [0.1, 0.15) is 5.75 Å². The number of H-pyrrole nitrogens is 1. The molecule has 0 bridgehead atoms. The number of imidazole rings is 1. The molecule has 0 spiro atoms. The second-order valence-corrected chi connectivity index (χ2v) is 5.42. The molecule has 104 valence electrons. The summed E-state index contributed by atoms with van der Waals surface area (Å²) in [5, 5.41) is 9.68. The van der Waals surface area contributed by atoms with Crippen molar-refractivity contribution in [2.45, 2.75) is 10.1 Å². The first kappa shape index (κ1) is 13.3. The highest BCUT2D eigenvalue weighted by atomic mass is 32.2. The van der Waals surface area contributed by atoms with Gasteiger partial charge in [-0.1, -0.05) is 0 Å². The zero-order chi connectivity index (χ0) is 14.8. The summed E-state index contributed by atoms with van der Waals surface area (Å²) in [6.07, 6.45) is 0. The fraction of sp³-hybridized carbons (Fsp3) is 0.0667. The Bertz CT molecular complexity index is 850. The number of nitriles is 1. The van der Waals surface area contributed by atoms with E-state index in [4.69, 9.17) is 15.7 Å². The number of ether oxygens (including phenoxy) is 1. The molecule has 6 heteroatoms. The molecule has 3 rings (SSSR count). The van der Waals surface area contributed by atoms with E-state index in [0.29, 0.717) is 11.3 Å². The number of hydrogen-bond donors (Lipinski definition) is 2. The monoisotopic (exact) mass is 296 g/mol. The maximum atomic E-state index is 8.95. The van der Waals surface area contributed by atoms with Crippen molar-refractivity contribution in [1.82, 2.24) is 9.97 Å². The Balaban J connectivity index is 1.96. The molecule has 0 aliphatic heterocycles. The minimum atomic E-state index is 0.574. The fourth-order valence-electron chi connectivity index (χ4n) is 1.94. The average Bonchev–Trinajstić information content (AvgIpc) is 2.90. The molecule has 0 fully saturated rings. The molecule has 3 aromatic rings. The number of methoxy groups -OCH3 is 1. The van der Waals surface area contributed by atoms with Crippen molar-refractivity contribution in [1.29, 1.82) is 5.26 Å². The van der Waals surface area contributed by atoms with Gasteiger partial charge in [-0.15, -0.1) is 0 Å². The lowest BCUT2D eigenvalue weighted by Gasteiger charge is -2.02. The van der Waals surface area contributed by atoms with Crippen molar-refractivity contribution in [3.8, 4) is 11.8 Å². The van der Waals surface area contributed by atoms with E-state index in [-0.39, 0.29) is 0 Å². The van der Waals surface area contributed by atoms with Gasteiger partial charge in [-0.05, 0) is 42.1 Å². The summed E-state index contributed by atoms with van der Waals surface area (Å²) in [6.45, 7) is 0. The topological polar surface area (TPSA) is 87.7 Å². The van der Waals surface area contributed by atoms with Crippen LogP contribution in [0.4, 0.5) is 5.69 Å². The maximum Gasteiger partial charge on any atom is 0.171 e. The van der Waals surface area contributed by atoms with Crippen LogP contribution in [0.3, 0.4) is 0 Å². The van der Waals surface area contributed by atoms with Gasteiger partial charge in [-0.2, -0.15) is 5.26 Å². The molecule has 1 heterocycles. The van der Waals surface area contributed by atoms with Crippen molar-refractivity contribution < 1.29 is 4.74 Å². The zero-order valence-corrected chi connectivity index (χ0v) is 12.1. The minimum Gasteiger partial charge on any atom is -0.497 e. The Morgan fingerprint density at radius 2 is 2.14 bits per heavy atom. The molecule has 5 nitrogen and oxygen atoms in total. The molecule has 2 aromatic carbocycles. The highest BCUT2D eigenvalue weighted by molar-refractivity contribution is 7.99. The van der Waals surface area contributed by atoms with E-state index < -0.39 is 0 Å². The van der Waals surface area contributed by atoms with Crippen LogP contribution in [0.1, 0.15) is 5.56 Å². The molecule has 0 aliphatic rings. The molecule has 0 aliphatic carbocycles. The normalized spacial score (nSPS) is 10.5. The van der Waals surface area contributed by atoms with Gasteiger partial charge in [0.05, 0.1) is 29.8 Å². The van der Waals surface area contributed by atoms with Crippen LogP contribution in [0.25, 0.3) is 11.0 Å². The number of nitrogens with zero attached hydrogens (tertiary/aromatic N) is 2. The third-order valence-corrected chi connectivity index (χ3v) is 3.98. The Morgan fingerprint density at radius 1 is 1.29 bits per heavy atom. The van der Waals surface area contributed by atoms with E-state index in [9.17, 15) is 0 Å². The predicted octanol–water partition coefficient (Wildman–Crippen LogP) is 3.18. The standard InChI is InChI=1S/C15H12N4OS/c1-20-10-3-5-12-13(7-10)19-15(18-12)21-14-6-9(8-16)2-4-11(14)17/h2-7H,17H2,1H3,(H,18,19). The predicted molar refractivity (Wildman–Crippen MR) is 82.3 cm³/mol.